The highest BCUT2D eigenvalue weighted by Crippen LogP contribution is 2.53. The zero-order valence-corrected chi connectivity index (χ0v) is 18.8. The highest BCUT2D eigenvalue weighted by Gasteiger charge is 2.44. The molecule has 0 radical (unpaired) electrons. The fourth-order valence-corrected chi connectivity index (χ4v) is 6.59. The third-order valence-corrected chi connectivity index (χ3v) is 8.11. The fraction of sp³-hybridized carbons (Fsp3) is 0.500. The van der Waals surface area contributed by atoms with E-state index in [0.29, 0.717) is 0 Å². The number of unbranched alkanes of at least 4 members (excludes halogenated alkanes) is 1. The van der Waals surface area contributed by atoms with Crippen LogP contribution in [0.2, 0.25) is 0 Å². The molecule has 0 aliphatic carbocycles. The van der Waals surface area contributed by atoms with Crippen LogP contribution in [0.25, 0.3) is 0 Å². The maximum Gasteiger partial charge on any atom is 0.0767 e. The molecule has 1 aliphatic rings. The van der Waals surface area contributed by atoms with E-state index in [4.69, 9.17) is 0 Å². The van der Waals surface area contributed by atoms with Gasteiger partial charge in [-0.2, -0.15) is 0 Å². The third kappa shape index (κ3) is 5.34. The number of hydrogen-bond acceptors (Lipinski definition) is 3. The molecule has 0 saturated carbocycles. The van der Waals surface area contributed by atoms with Gasteiger partial charge in [0, 0.05) is 21.0 Å². The predicted molar refractivity (Wildman–Crippen MR) is 122 cm³/mol. The molecule has 1 heterocycles. The van der Waals surface area contributed by atoms with Gasteiger partial charge in [0.05, 0.1) is 11.4 Å². The van der Waals surface area contributed by atoms with E-state index in [9.17, 15) is 5.11 Å². The van der Waals surface area contributed by atoms with Gasteiger partial charge in [0.1, 0.15) is 0 Å². The van der Waals surface area contributed by atoms with Crippen LogP contribution < -0.4 is 0 Å². The van der Waals surface area contributed by atoms with Gasteiger partial charge in [0.15, 0.2) is 0 Å². The summed E-state index contributed by atoms with van der Waals surface area (Å²) in [6.07, 6.45) is 4.17. The molecule has 27 heavy (non-hydrogen) atoms. The van der Waals surface area contributed by atoms with Crippen LogP contribution in [0.3, 0.4) is 0 Å². The topological polar surface area (TPSA) is 20.2 Å². The molecule has 2 unspecified atom stereocenters. The van der Waals surface area contributed by atoms with Crippen LogP contribution in [0.5, 0.6) is 0 Å². The number of fused-ring (bicyclic) bond motifs is 1. The average Bonchev–Trinajstić information content (AvgIpc) is 2.85. The van der Waals surface area contributed by atoms with E-state index in [-0.39, 0.29) is 16.8 Å². The summed E-state index contributed by atoms with van der Waals surface area (Å²) in [5, 5.41) is 11.6. The van der Waals surface area contributed by atoms with E-state index in [1.165, 1.54) is 28.2 Å². The lowest BCUT2D eigenvalue weighted by molar-refractivity contribution is 0.0286. The van der Waals surface area contributed by atoms with Crippen molar-refractivity contribution in [3.8, 4) is 0 Å². The predicted octanol–water partition coefficient (Wildman–Crippen LogP) is 7.60. The van der Waals surface area contributed by atoms with E-state index in [0.717, 1.165) is 18.6 Å². The van der Waals surface area contributed by atoms with E-state index in [1.807, 2.05) is 37.4 Å². The molecule has 1 aliphatic heterocycles. The smallest absolute Gasteiger partial charge is 0.0767 e. The summed E-state index contributed by atoms with van der Waals surface area (Å²) in [5.74, 6) is 1.01. The number of rotatable bonds is 6. The average molecular weight is 403 g/mol. The minimum Gasteiger partial charge on any atom is -0.391 e. The van der Waals surface area contributed by atoms with Crippen molar-refractivity contribution < 1.29 is 5.11 Å². The first-order valence-electron chi connectivity index (χ1n) is 10.3. The Morgan fingerprint density at radius 1 is 1.04 bits per heavy atom. The van der Waals surface area contributed by atoms with Crippen LogP contribution in [-0.4, -0.2) is 17.0 Å². The molecule has 1 nitrogen and oxygen atoms in total. The van der Waals surface area contributed by atoms with E-state index in [2.05, 4.69) is 68.4 Å². The Bertz CT molecular complexity index is 673. The highest BCUT2D eigenvalue weighted by atomic mass is 32.2. The van der Waals surface area contributed by atoms with Crippen LogP contribution in [0.1, 0.15) is 64.2 Å². The Morgan fingerprint density at radius 3 is 2.37 bits per heavy atom. The third-order valence-electron chi connectivity index (χ3n) is 5.39. The SMILES string of the molecule is CC.CCCC[C@]1(CC)CSc2ccccc2C(Sc2ccccc2)C1O. The fourth-order valence-electron chi connectivity index (χ4n) is 3.66. The summed E-state index contributed by atoms with van der Waals surface area (Å²) in [7, 11) is 0. The molecule has 3 atom stereocenters. The van der Waals surface area contributed by atoms with Crippen LogP contribution >= 0.6 is 23.5 Å². The standard InChI is InChI=1S/C22H28OS2.C2H6/c1-3-5-15-22(4-2)16-24-19-14-10-9-13-18(19)20(21(22)23)25-17-11-7-6-8-12-17;1-2/h6-14,20-21,23H,3-5,15-16H2,1-2H3;1-2H3/t20?,21?,22-;/m1./s1. The number of hydrogen-bond donors (Lipinski definition) is 1. The van der Waals surface area contributed by atoms with Crippen LogP contribution in [0.15, 0.2) is 64.4 Å². The van der Waals surface area contributed by atoms with E-state index >= 15 is 0 Å². The highest BCUT2D eigenvalue weighted by molar-refractivity contribution is 8.00. The first kappa shape index (κ1) is 22.4. The van der Waals surface area contributed by atoms with Crippen molar-refractivity contribution in [2.24, 2.45) is 5.41 Å². The first-order chi connectivity index (χ1) is 13.2. The van der Waals surface area contributed by atoms with Crippen LogP contribution in [-0.2, 0) is 0 Å². The minimum atomic E-state index is -0.328. The number of aliphatic hydroxyl groups is 1. The minimum absolute atomic E-state index is 0.00779. The molecule has 2 aromatic carbocycles. The Kier molecular flexibility index (Phi) is 9.28. The van der Waals surface area contributed by atoms with E-state index in [1.54, 1.807) is 0 Å². The summed E-state index contributed by atoms with van der Waals surface area (Å²) in [5.41, 5.74) is 1.28. The van der Waals surface area contributed by atoms with Crippen molar-refractivity contribution in [2.75, 3.05) is 5.75 Å². The van der Waals surface area contributed by atoms with Crippen molar-refractivity contribution in [3.05, 3.63) is 60.2 Å². The molecule has 0 fully saturated rings. The van der Waals surface area contributed by atoms with E-state index < -0.39 is 0 Å². The molecular weight excluding hydrogens is 368 g/mol. The van der Waals surface area contributed by atoms with Gasteiger partial charge >= 0.3 is 0 Å². The van der Waals surface area contributed by atoms with Crippen molar-refractivity contribution in [3.63, 3.8) is 0 Å². The van der Waals surface area contributed by atoms with Crippen LogP contribution in [0.4, 0.5) is 0 Å². The second-order valence-corrected chi connectivity index (χ2v) is 9.17. The number of aliphatic hydroxyl groups excluding tert-OH is 1. The van der Waals surface area contributed by atoms with Gasteiger partial charge < -0.3 is 5.11 Å². The van der Waals surface area contributed by atoms with Gasteiger partial charge in [-0.1, -0.05) is 76.9 Å². The summed E-state index contributed by atoms with van der Waals surface area (Å²) in [6, 6.07) is 19.2. The molecule has 0 bridgehead atoms. The first-order valence-corrected chi connectivity index (χ1v) is 12.2. The Balaban J connectivity index is 0.00000126. The lowest BCUT2D eigenvalue weighted by atomic mass is 9.75. The summed E-state index contributed by atoms with van der Waals surface area (Å²) in [4.78, 5) is 2.57. The second kappa shape index (κ2) is 11.2. The molecule has 3 rings (SSSR count). The van der Waals surface area contributed by atoms with Crippen molar-refractivity contribution in [1.29, 1.82) is 0 Å². The monoisotopic (exact) mass is 402 g/mol. The Morgan fingerprint density at radius 2 is 1.70 bits per heavy atom. The molecule has 2 aromatic rings. The normalized spacial score (nSPS) is 24.3. The van der Waals surface area contributed by atoms with Gasteiger partial charge in [0.2, 0.25) is 0 Å². The zero-order chi connectivity index (χ0) is 19.7. The van der Waals surface area contributed by atoms with Crippen molar-refractivity contribution in [2.45, 2.75) is 74.5 Å². The lowest BCUT2D eigenvalue weighted by Gasteiger charge is -2.39. The molecule has 148 valence electrons. The van der Waals surface area contributed by atoms with Crippen LogP contribution in [0, 0.1) is 5.41 Å². The number of thioether (sulfide) groups is 2. The van der Waals surface area contributed by atoms with Crippen molar-refractivity contribution in [1.82, 2.24) is 0 Å². The molecule has 1 N–H and O–H groups in total. The molecule has 0 aromatic heterocycles. The zero-order valence-electron chi connectivity index (χ0n) is 17.2. The van der Waals surface area contributed by atoms with Gasteiger partial charge in [-0.15, -0.1) is 23.5 Å². The maximum atomic E-state index is 11.6. The Hall–Kier alpha value is -0.900. The summed E-state index contributed by atoms with van der Waals surface area (Å²) in [6.45, 7) is 8.49. The largest absolute Gasteiger partial charge is 0.391 e. The van der Waals surface area contributed by atoms with Gasteiger partial charge in [0.25, 0.3) is 0 Å². The molecule has 0 spiro atoms. The molecule has 0 saturated heterocycles. The maximum absolute atomic E-state index is 11.6. The molecule has 0 amide bonds. The quantitative estimate of drug-likeness (QED) is 0.537. The Labute approximate surface area is 174 Å². The van der Waals surface area contributed by atoms with Gasteiger partial charge in [-0.3, -0.25) is 0 Å². The van der Waals surface area contributed by atoms with Gasteiger partial charge in [-0.05, 0) is 36.6 Å². The van der Waals surface area contributed by atoms with Gasteiger partial charge in [-0.25, -0.2) is 0 Å². The summed E-state index contributed by atoms with van der Waals surface area (Å²) < 4.78 is 0. The second-order valence-electron chi connectivity index (χ2n) is 6.94. The van der Waals surface area contributed by atoms with Crippen molar-refractivity contribution >= 4 is 23.5 Å². The molecular formula is C24H34OS2. The molecule has 3 heteroatoms. The summed E-state index contributed by atoms with van der Waals surface area (Å²) >= 11 is 3.75. The lowest BCUT2D eigenvalue weighted by Crippen LogP contribution is -2.39. The number of benzene rings is 2.